The van der Waals surface area contributed by atoms with E-state index in [4.69, 9.17) is 4.74 Å². The number of nitrogens with one attached hydrogen (secondary N) is 2. The standard InChI is InChI=1S/C19H27N3O3/c1-19(2,3)25-18(24)21-15-12-20-11-14-9-10-16(22(14)17(15)23)13-7-5-4-6-8-13/h4-8,14-16,20H,9-12H2,1-3H3,(H,21,24). The van der Waals surface area contributed by atoms with Gasteiger partial charge < -0.3 is 20.3 Å². The molecular formula is C19H27N3O3. The Morgan fingerprint density at radius 1 is 1.20 bits per heavy atom. The molecule has 3 unspecified atom stereocenters. The molecule has 1 aromatic rings. The molecule has 0 aliphatic carbocycles. The van der Waals surface area contributed by atoms with Crippen molar-refractivity contribution in [3.63, 3.8) is 0 Å². The second kappa shape index (κ2) is 7.04. The Balaban J connectivity index is 1.75. The number of nitrogens with zero attached hydrogens (tertiary/aromatic N) is 1. The Kier molecular flexibility index (Phi) is 4.99. The maximum absolute atomic E-state index is 13.1. The third-order valence-corrected chi connectivity index (χ3v) is 4.66. The van der Waals surface area contributed by atoms with Gasteiger partial charge in [0.05, 0.1) is 6.04 Å². The van der Waals surface area contributed by atoms with Crippen molar-refractivity contribution < 1.29 is 14.3 Å². The van der Waals surface area contributed by atoms with Gasteiger partial charge in [0, 0.05) is 19.1 Å². The minimum atomic E-state index is -0.607. The third-order valence-electron chi connectivity index (χ3n) is 4.66. The second-order valence-corrected chi connectivity index (χ2v) is 7.76. The summed E-state index contributed by atoms with van der Waals surface area (Å²) >= 11 is 0. The summed E-state index contributed by atoms with van der Waals surface area (Å²) in [6.07, 6.45) is 1.36. The molecule has 2 amide bonds. The number of carbonyl (C=O) groups is 2. The van der Waals surface area contributed by atoms with Crippen molar-refractivity contribution in [1.29, 1.82) is 0 Å². The maximum atomic E-state index is 13.1. The van der Waals surface area contributed by atoms with E-state index in [9.17, 15) is 9.59 Å². The van der Waals surface area contributed by atoms with Gasteiger partial charge in [-0.05, 0) is 39.2 Å². The Labute approximate surface area is 148 Å². The molecule has 2 N–H and O–H groups in total. The molecule has 2 aliphatic heterocycles. The van der Waals surface area contributed by atoms with E-state index in [1.54, 1.807) is 0 Å². The highest BCUT2D eigenvalue weighted by Gasteiger charge is 2.42. The van der Waals surface area contributed by atoms with E-state index in [-0.39, 0.29) is 18.0 Å². The van der Waals surface area contributed by atoms with Crippen LogP contribution < -0.4 is 10.6 Å². The highest BCUT2D eigenvalue weighted by atomic mass is 16.6. The van der Waals surface area contributed by atoms with E-state index in [0.29, 0.717) is 6.54 Å². The van der Waals surface area contributed by atoms with Gasteiger partial charge in [-0.2, -0.15) is 0 Å². The van der Waals surface area contributed by atoms with Crippen molar-refractivity contribution in [1.82, 2.24) is 15.5 Å². The van der Waals surface area contributed by atoms with Gasteiger partial charge in [-0.3, -0.25) is 4.79 Å². The maximum Gasteiger partial charge on any atom is 0.408 e. The van der Waals surface area contributed by atoms with Crippen molar-refractivity contribution in [3.8, 4) is 0 Å². The Hall–Kier alpha value is -2.08. The molecule has 0 saturated carbocycles. The first-order chi connectivity index (χ1) is 11.8. The average molecular weight is 345 g/mol. The summed E-state index contributed by atoms with van der Waals surface area (Å²) in [5.41, 5.74) is 0.560. The van der Waals surface area contributed by atoms with Crippen molar-refractivity contribution in [2.45, 2.75) is 57.3 Å². The fraction of sp³-hybridized carbons (Fsp3) is 0.579. The highest BCUT2D eigenvalue weighted by molar-refractivity contribution is 5.87. The van der Waals surface area contributed by atoms with Crippen LogP contribution in [0.1, 0.15) is 45.2 Å². The van der Waals surface area contributed by atoms with E-state index in [1.807, 2.05) is 43.9 Å². The number of amides is 2. The summed E-state index contributed by atoms with van der Waals surface area (Å²) in [6.45, 7) is 6.60. The number of rotatable bonds is 2. The molecule has 0 bridgehead atoms. The molecule has 1 aromatic carbocycles. The van der Waals surface area contributed by atoms with Crippen LogP contribution >= 0.6 is 0 Å². The van der Waals surface area contributed by atoms with Crippen LogP contribution in [0.4, 0.5) is 4.79 Å². The molecule has 25 heavy (non-hydrogen) atoms. The number of hydrogen-bond acceptors (Lipinski definition) is 4. The van der Waals surface area contributed by atoms with Crippen LogP contribution in [0, 0.1) is 0 Å². The predicted molar refractivity (Wildman–Crippen MR) is 95.1 cm³/mol. The number of hydrogen-bond donors (Lipinski definition) is 2. The highest BCUT2D eigenvalue weighted by Crippen LogP contribution is 2.37. The molecule has 0 aromatic heterocycles. The van der Waals surface area contributed by atoms with Crippen molar-refractivity contribution >= 4 is 12.0 Å². The molecular weight excluding hydrogens is 318 g/mol. The molecule has 2 heterocycles. The number of carbonyl (C=O) groups excluding carboxylic acids is 2. The lowest BCUT2D eigenvalue weighted by molar-refractivity contribution is -0.135. The van der Waals surface area contributed by atoms with Gasteiger partial charge in [-0.1, -0.05) is 30.3 Å². The molecule has 0 spiro atoms. The van der Waals surface area contributed by atoms with Crippen LogP contribution in [0.25, 0.3) is 0 Å². The smallest absolute Gasteiger partial charge is 0.408 e. The summed E-state index contributed by atoms with van der Waals surface area (Å²) in [4.78, 5) is 27.2. The summed E-state index contributed by atoms with van der Waals surface area (Å²) < 4.78 is 5.30. The van der Waals surface area contributed by atoms with Crippen LogP contribution in [0.3, 0.4) is 0 Å². The predicted octanol–water partition coefficient (Wildman–Crippen LogP) is 2.22. The lowest BCUT2D eigenvalue weighted by atomic mass is 10.0. The van der Waals surface area contributed by atoms with E-state index >= 15 is 0 Å². The molecule has 136 valence electrons. The zero-order valence-electron chi connectivity index (χ0n) is 15.1. The Morgan fingerprint density at radius 2 is 1.92 bits per heavy atom. The largest absolute Gasteiger partial charge is 0.444 e. The van der Waals surface area contributed by atoms with Gasteiger partial charge in [-0.25, -0.2) is 4.79 Å². The van der Waals surface area contributed by atoms with Crippen LogP contribution in [-0.2, 0) is 9.53 Å². The summed E-state index contributed by atoms with van der Waals surface area (Å²) in [7, 11) is 0. The monoisotopic (exact) mass is 345 g/mol. The Bertz CT molecular complexity index is 627. The minimum absolute atomic E-state index is 0.0350. The van der Waals surface area contributed by atoms with Crippen molar-refractivity contribution in [2.24, 2.45) is 0 Å². The molecule has 6 heteroatoms. The molecule has 2 aliphatic rings. The lowest BCUT2D eigenvalue weighted by Crippen LogP contribution is -2.52. The van der Waals surface area contributed by atoms with E-state index in [2.05, 4.69) is 22.8 Å². The van der Waals surface area contributed by atoms with E-state index < -0.39 is 17.7 Å². The zero-order valence-corrected chi connectivity index (χ0v) is 15.1. The Morgan fingerprint density at radius 3 is 2.60 bits per heavy atom. The summed E-state index contributed by atoms with van der Waals surface area (Å²) in [6, 6.07) is 9.74. The zero-order chi connectivity index (χ0) is 18.0. The van der Waals surface area contributed by atoms with E-state index in [1.165, 1.54) is 0 Å². The van der Waals surface area contributed by atoms with Gasteiger partial charge in [-0.15, -0.1) is 0 Å². The fourth-order valence-corrected chi connectivity index (χ4v) is 3.64. The molecule has 6 nitrogen and oxygen atoms in total. The van der Waals surface area contributed by atoms with Gasteiger partial charge in [0.2, 0.25) is 5.91 Å². The van der Waals surface area contributed by atoms with Crippen molar-refractivity contribution in [2.75, 3.05) is 13.1 Å². The minimum Gasteiger partial charge on any atom is -0.444 e. The van der Waals surface area contributed by atoms with E-state index in [0.717, 1.165) is 24.9 Å². The first kappa shape index (κ1) is 17.7. The summed E-state index contributed by atoms with van der Waals surface area (Å²) in [5, 5.41) is 6.04. The van der Waals surface area contributed by atoms with Gasteiger partial charge in [0.25, 0.3) is 0 Å². The fourth-order valence-electron chi connectivity index (χ4n) is 3.64. The number of ether oxygens (including phenoxy) is 1. The first-order valence-electron chi connectivity index (χ1n) is 8.92. The number of fused-ring (bicyclic) bond motifs is 1. The number of alkyl carbamates (subject to hydrolysis) is 1. The molecule has 3 atom stereocenters. The van der Waals surface area contributed by atoms with Crippen LogP contribution in [-0.4, -0.2) is 47.7 Å². The molecule has 2 fully saturated rings. The average Bonchev–Trinajstić information content (AvgIpc) is 2.90. The molecule has 2 saturated heterocycles. The third kappa shape index (κ3) is 4.12. The van der Waals surface area contributed by atoms with Gasteiger partial charge in [0.15, 0.2) is 0 Å². The van der Waals surface area contributed by atoms with Crippen molar-refractivity contribution in [3.05, 3.63) is 35.9 Å². The van der Waals surface area contributed by atoms with Crippen LogP contribution in [0.2, 0.25) is 0 Å². The van der Waals surface area contributed by atoms with Crippen LogP contribution in [0.5, 0.6) is 0 Å². The lowest BCUT2D eigenvalue weighted by Gasteiger charge is -2.31. The van der Waals surface area contributed by atoms with Gasteiger partial charge >= 0.3 is 6.09 Å². The molecule has 3 rings (SSSR count). The van der Waals surface area contributed by atoms with Gasteiger partial charge in [0.1, 0.15) is 11.6 Å². The normalized spacial score (nSPS) is 26.8. The van der Waals surface area contributed by atoms with Crippen LogP contribution in [0.15, 0.2) is 30.3 Å². The number of benzene rings is 1. The first-order valence-corrected chi connectivity index (χ1v) is 8.92. The summed E-state index contributed by atoms with van der Waals surface area (Å²) in [5.74, 6) is -0.0350. The second-order valence-electron chi connectivity index (χ2n) is 7.76. The quantitative estimate of drug-likeness (QED) is 0.862. The topological polar surface area (TPSA) is 70.7 Å². The molecule has 0 radical (unpaired) electrons. The SMILES string of the molecule is CC(C)(C)OC(=O)NC1CNCC2CCC(c3ccccc3)N2C1=O.